The van der Waals surface area contributed by atoms with Crippen LogP contribution in [0, 0.1) is 3.57 Å². The second-order valence-corrected chi connectivity index (χ2v) is 9.93. The zero-order valence-corrected chi connectivity index (χ0v) is 19.8. The van der Waals surface area contributed by atoms with Crippen LogP contribution in [0.5, 0.6) is 0 Å². The van der Waals surface area contributed by atoms with Crippen molar-refractivity contribution >= 4 is 34.4 Å². The van der Waals surface area contributed by atoms with Gasteiger partial charge in [-0.2, -0.15) is 0 Å². The molecule has 0 unspecified atom stereocenters. The lowest BCUT2D eigenvalue weighted by Gasteiger charge is -2.19. The first kappa shape index (κ1) is 22.3. The number of hydrogen-bond donors (Lipinski definition) is 1. The maximum atomic E-state index is 12.4. The molecule has 31 heavy (non-hydrogen) atoms. The van der Waals surface area contributed by atoms with Gasteiger partial charge in [0.1, 0.15) is 0 Å². The van der Waals surface area contributed by atoms with Crippen molar-refractivity contribution in [1.29, 1.82) is 0 Å². The SMILES string of the molecule is O=c1[nH]c(=O)n([C@H]2C[C@H](OCc3ccccc3)[C@@H](COCc3ccccc3)S2)cc1I. The highest BCUT2D eigenvalue weighted by Crippen LogP contribution is 2.42. The fourth-order valence-electron chi connectivity index (χ4n) is 3.52. The molecule has 1 N–H and O–H groups in total. The quantitative estimate of drug-likeness (QED) is 0.431. The summed E-state index contributed by atoms with van der Waals surface area (Å²) >= 11 is 3.61. The molecule has 0 aliphatic carbocycles. The Kier molecular flexibility index (Phi) is 7.65. The summed E-state index contributed by atoms with van der Waals surface area (Å²) in [7, 11) is 0. The molecule has 1 aliphatic heterocycles. The third-order valence-corrected chi connectivity index (χ3v) is 7.41. The number of H-pyrrole nitrogens is 1. The number of halogens is 1. The average molecular weight is 550 g/mol. The average Bonchev–Trinajstić information content (AvgIpc) is 3.19. The van der Waals surface area contributed by atoms with E-state index < -0.39 is 5.69 Å². The number of hydrogen-bond acceptors (Lipinski definition) is 5. The minimum absolute atomic E-state index is 0.0672. The van der Waals surface area contributed by atoms with E-state index in [2.05, 4.69) is 4.98 Å². The van der Waals surface area contributed by atoms with Gasteiger partial charge in [-0.3, -0.25) is 14.3 Å². The van der Waals surface area contributed by atoms with E-state index in [0.717, 1.165) is 11.1 Å². The molecule has 6 nitrogen and oxygen atoms in total. The lowest BCUT2D eigenvalue weighted by Crippen LogP contribution is -2.32. The maximum Gasteiger partial charge on any atom is 0.329 e. The van der Waals surface area contributed by atoms with E-state index in [0.29, 0.717) is 29.8 Å². The predicted molar refractivity (Wildman–Crippen MR) is 130 cm³/mol. The van der Waals surface area contributed by atoms with E-state index >= 15 is 0 Å². The Hall–Kier alpha value is -1.88. The topological polar surface area (TPSA) is 73.3 Å². The van der Waals surface area contributed by atoms with E-state index in [1.54, 1.807) is 22.5 Å². The second-order valence-electron chi connectivity index (χ2n) is 7.34. The van der Waals surface area contributed by atoms with E-state index in [1.807, 2.05) is 83.3 Å². The van der Waals surface area contributed by atoms with Gasteiger partial charge in [-0.15, -0.1) is 11.8 Å². The first-order valence-corrected chi connectivity index (χ1v) is 12.1. The minimum Gasteiger partial charge on any atom is -0.376 e. The van der Waals surface area contributed by atoms with Gasteiger partial charge in [-0.25, -0.2) is 4.79 Å². The fourth-order valence-corrected chi connectivity index (χ4v) is 5.48. The molecule has 1 fully saturated rings. The molecular weight excluding hydrogens is 527 g/mol. The summed E-state index contributed by atoms with van der Waals surface area (Å²) in [6.45, 7) is 1.56. The van der Waals surface area contributed by atoms with E-state index in [1.165, 1.54) is 0 Å². The summed E-state index contributed by atoms with van der Waals surface area (Å²) in [6.07, 6.45) is 2.22. The summed E-state index contributed by atoms with van der Waals surface area (Å²) in [5.74, 6) is 0. The summed E-state index contributed by atoms with van der Waals surface area (Å²) < 4.78 is 14.3. The molecule has 0 spiro atoms. The zero-order chi connectivity index (χ0) is 21.6. The van der Waals surface area contributed by atoms with Crippen LogP contribution in [0.4, 0.5) is 0 Å². The van der Waals surface area contributed by atoms with Gasteiger partial charge >= 0.3 is 5.69 Å². The molecule has 2 heterocycles. The van der Waals surface area contributed by atoms with Crippen molar-refractivity contribution in [1.82, 2.24) is 9.55 Å². The maximum absolute atomic E-state index is 12.4. The first-order valence-electron chi connectivity index (χ1n) is 10.0. The van der Waals surface area contributed by atoms with E-state index in [-0.39, 0.29) is 22.3 Å². The highest BCUT2D eigenvalue weighted by Gasteiger charge is 2.37. The molecule has 8 heteroatoms. The van der Waals surface area contributed by atoms with Crippen LogP contribution in [-0.2, 0) is 22.7 Å². The summed E-state index contributed by atoms with van der Waals surface area (Å²) in [5.41, 5.74) is 1.48. The number of ether oxygens (including phenoxy) is 2. The van der Waals surface area contributed by atoms with Crippen molar-refractivity contribution in [2.45, 2.75) is 36.4 Å². The van der Waals surface area contributed by atoms with E-state index in [4.69, 9.17) is 9.47 Å². The number of nitrogens with one attached hydrogen (secondary N) is 1. The van der Waals surface area contributed by atoms with Gasteiger partial charge in [-0.1, -0.05) is 60.7 Å². The van der Waals surface area contributed by atoms with Crippen LogP contribution in [0.3, 0.4) is 0 Å². The number of rotatable bonds is 8. The van der Waals surface area contributed by atoms with Gasteiger partial charge in [0.2, 0.25) is 0 Å². The Morgan fingerprint density at radius 3 is 2.32 bits per heavy atom. The molecule has 4 rings (SSSR count). The third-order valence-electron chi connectivity index (χ3n) is 5.12. The number of aromatic amines is 1. The molecule has 0 amide bonds. The molecule has 0 saturated carbocycles. The summed E-state index contributed by atoms with van der Waals surface area (Å²) in [4.78, 5) is 26.5. The second kappa shape index (κ2) is 10.6. The smallest absolute Gasteiger partial charge is 0.329 e. The van der Waals surface area contributed by atoms with Gasteiger partial charge in [0, 0.05) is 12.6 Å². The van der Waals surface area contributed by atoms with Crippen LogP contribution in [-0.4, -0.2) is 27.5 Å². The van der Waals surface area contributed by atoms with Gasteiger partial charge in [0.05, 0.1) is 40.1 Å². The molecule has 0 radical (unpaired) electrons. The highest BCUT2D eigenvalue weighted by atomic mass is 127. The monoisotopic (exact) mass is 550 g/mol. The van der Waals surface area contributed by atoms with Crippen molar-refractivity contribution in [3.8, 4) is 0 Å². The molecule has 1 saturated heterocycles. The number of benzene rings is 2. The van der Waals surface area contributed by atoms with Crippen LogP contribution < -0.4 is 11.2 Å². The number of nitrogens with zero attached hydrogens (tertiary/aromatic N) is 1. The van der Waals surface area contributed by atoms with Crippen molar-refractivity contribution in [3.63, 3.8) is 0 Å². The highest BCUT2D eigenvalue weighted by molar-refractivity contribution is 14.1. The Morgan fingerprint density at radius 1 is 1.00 bits per heavy atom. The third kappa shape index (κ3) is 5.88. The standard InChI is InChI=1S/C23H23IN2O4S/c24-18-12-26(23(28)25-22(18)27)21-11-19(30-14-17-9-5-2-6-10-17)20(31-21)15-29-13-16-7-3-1-4-8-16/h1-10,12,19-21H,11,13-15H2,(H,25,27,28)/t19-,20+,21+/m0/s1. The van der Waals surface area contributed by atoms with Crippen molar-refractivity contribution in [2.24, 2.45) is 0 Å². The summed E-state index contributed by atoms with van der Waals surface area (Å²) in [6, 6.07) is 20.1. The summed E-state index contributed by atoms with van der Waals surface area (Å²) in [5, 5.41) is -0.0436. The largest absolute Gasteiger partial charge is 0.376 e. The minimum atomic E-state index is -0.393. The van der Waals surface area contributed by atoms with Gasteiger partial charge < -0.3 is 9.47 Å². The predicted octanol–water partition coefficient (Wildman–Crippen LogP) is 3.95. The van der Waals surface area contributed by atoms with Crippen LogP contribution in [0.15, 0.2) is 76.4 Å². The van der Waals surface area contributed by atoms with Crippen molar-refractivity contribution < 1.29 is 9.47 Å². The Morgan fingerprint density at radius 2 is 1.65 bits per heavy atom. The van der Waals surface area contributed by atoms with Crippen molar-refractivity contribution in [2.75, 3.05) is 6.61 Å². The Bertz CT molecular complexity index is 1100. The van der Waals surface area contributed by atoms with Gasteiger partial charge in [-0.05, 0) is 33.7 Å². The van der Waals surface area contributed by atoms with Crippen LogP contribution >= 0.6 is 34.4 Å². The molecule has 162 valence electrons. The Balaban J connectivity index is 1.46. The van der Waals surface area contributed by atoms with Crippen LogP contribution in [0.25, 0.3) is 0 Å². The van der Waals surface area contributed by atoms with E-state index in [9.17, 15) is 9.59 Å². The van der Waals surface area contributed by atoms with Crippen LogP contribution in [0.1, 0.15) is 22.9 Å². The molecule has 0 bridgehead atoms. The Labute approximate surface area is 198 Å². The molecule has 3 atom stereocenters. The van der Waals surface area contributed by atoms with Crippen LogP contribution in [0.2, 0.25) is 0 Å². The fraction of sp³-hybridized carbons (Fsp3) is 0.304. The zero-order valence-electron chi connectivity index (χ0n) is 16.8. The molecule has 2 aromatic carbocycles. The van der Waals surface area contributed by atoms with Gasteiger partial charge in [0.25, 0.3) is 5.56 Å². The molecule has 3 aromatic rings. The number of thioether (sulfide) groups is 1. The normalized spacial score (nSPS) is 20.7. The lowest BCUT2D eigenvalue weighted by atomic mass is 10.1. The van der Waals surface area contributed by atoms with Gasteiger partial charge in [0.15, 0.2) is 0 Å². The molecule has 1 aromatic heterocycles. The lowest BCUT2D eigenvalue weighted by molar-refractivity contribution is 0.0134. The van der Waals surface area contributed by atoms with Crippen molar-refractivity contribution in [3.05, 3.63) is 102 Å². The molecular formula is C23H23IN2O4S. The first-order chi connectivity index (χ1) is 15.1. The molecule has 1 aliphatic rings. The number of aromatic nitrogens is 2.